The molecule has 1 heterocycles. The second-order valence-corrected chi connectivity index (χ2v) is 5.38. The molecule has 0 aromatic carbocycles. The van der Waals surface area contributed by atoms with Crippen molar-refractivity contribution in [3.8, 4) is 0 Å². The first-order valence-electron chi connectivity index (χ1n) is 6.00. The number of hydrogen-bond donors (Lipinski definition) is 2. The SMILES string of the molecule is CC(C)C1CCCCC1n1c(=O)[nH][nH]c1=S. The van der Waals surface area contributed by atoms with E-state index in [4.69, 9.17) is 12.2 Å². The Morgan fingerprint density at radius 2 is 2.00 bits per heavy atom. The third-order valence-electron chi connectivity index (χ3n) is 3.68. The predicted molar refractivity (Wildman–Crippen MR) is 66.1 cm³/mol. The van der Waals surface area contributed by atoms with Crippen molar-refractivity contribution in [2.45, 2.75) is 45.6 Å². The van der Waals surface area contributed by atoms with Crippen molar-refractivity contribution < 1.29 is 0 Å². The molecule has 0 amide bonds. The quantitative estimate of drug-likeness (QED) is 0.782. The van der Waals surface area contributed by atoms with Crippen LogP contribution in [-0.4, -0.2) is 14.8 Å². The van der Waals surface area contributed by atoms with E-state index in [1.807, 2.05) is 0 Å². The highest BCUT2D eigenvalue weighted by molar-refractivity contribution is 7.71. The smallest absolute Gasteiger partial charge is 0.272 e. The molecule has 1 aromatic rings. The Balaban J connectivity index is 2.37. The van der Waals surface area contributed by atoms with Crippen LogP contribution in [0, 0.1) is 16.6 Å². The lowest BCUT2D eigenvalue weighted by Crippen LogP contribution is -2.32. The number of nitrogens with one attached hydrogen (secondary N) is 2. The van der Waals surface area contributed by atoms with Crippen LogP contribution in [-0.2, 0) is 0 Å². The van der Waals surface area contributed by atoms with Gasteiger partial charge in [0.25, 0.3) is 0 Å². The molecule has 0 aliphatic heterocycles. The Morgan fingerprint density at radius 1 is 1.31 bits per heavy atom. The molecule has 1 aliphatic rings. The molecule has 90 valence electrons. The van der Waals surface area contributed by atoms with Crippen LogP contribution in [0.5, 0.6) is 0 Å². The van der Waals surface area contributed by atoms with Gasteiger partial charge in [-0.1, -0.05) is 26.7 Å². The lowest BCUT2D eigenvalue weighted by molar-refractivity contribution is 0.180. The molecular formula is C11H19N3OS. The minimum absolute atomic E-state index is 0.0949. The fraction of sp³-hybridized carbons (Fsp3) is 0.818. The summed E-state index contributed by atoms with van der Waals surface area (Å²) in [5.41, 5.74) is -0.0949. The van der Waals surface area contributed by atoms with Crippen LogP contribution in [0.2, 0.25) is 0 Å². The van der Waals surface area contributed by atoms with Crippen LogP contribution in [0.25, 0.3) is 0 Å². The summed E-state index contributed by atoms with van der Waals surface area (Å²) in [6, 6.07) is 0.274. The summed E-state index contributed by atoms with van der Waals surface area (Å²) in [7, 11) is 0. The predicted octanol–water partition coefficient (Wildman–Crippen LogP) is 2.62. The average molecular weight is 241 g/mol. The van der Waals surface area contributed by atoms with E-state index in [-0.39, 0.29) is 11.7 Å². The first-order chi connectivity index (χ1) is 7.61. The van der Waals surface area contributed by atoms with Gasteiger partial charge < -0.3 is 0 Å². The summed E-state index contributed by atoms with van der Waals surface area (Å²) in [6.07, 6.45) is 4.74. The van der Waals surface area contributed by atoms with E-state index in [0.29, 0.717) is 16.6 Å². The van der Waals surface area contributed by atoms with Gasteiger partial charge in [-0.05, 0) is 36.9 Å². The molecule has 5 heteroatoms. The molecule has 0 radical (unpaired) electrons. The highest BCUT2D eigenvalue weighted by Gasteiger charge is 2.30. The Hall–Kier alpha value is -0.840. The summed E-state index contributed by atoms with van der Waals surface area (Å²) in [6.45, 7) is 4.46. The van der Waals surface area contributed by atoms with E-state index in [1.54, 1.807) is 4.57 Å². The lowest BCUT2D eigenvalue weighted by Gasteiger charge is -2.34. The summed E-state index contributed by atoms with van der Waals surface area (Å²) in [5.74, 6) is 1.17. The monoisotopic (exact) mass is 241 g/mol. The Labute approximate surface area is 100 Å². The van der Waals surface area contributed by atoms with Gasteiger partial charge in [-0.25, -0.2) is 9.89 Å². The fourth-order valence-electron chi connectivity index (χ4n) is 2.86. The van der Waals surface area contributed by atoms with Crippen molar-refractivity contribution in [2.75, 3.05) is 0 Å². The third kappa shape index (κ3) is 2.00. The van der Waals surface area contributed by atoms with E-state index >= 15 is 0 Å². The van der Waals surface area contributed by atoms with Gasteiger partial charge >= 0.3 is 5.69 Å². The maximum atomic E-state index is 11.7. The maximum Gasteiger partial charge on any atom is 0.342 e. The molecule has 2 N–H and O–H groups in total. The van der Waals surface area contributed by atoms with E-state index in [1.165, 1.54) is 19.3 Å². The largest absolute Gasteiger partial charge is 0.342 e. The van der Waals surface area contributed by atoms with Gasteiger partial charge in [0.1, 0.15) is 0 Å². The second kappa shape index (κ2) is 4.57. The van der Waals surface area contributed by atoms with E-state index in [9.17, 15) is 4.79 Å². The molecule has 1 aromatic heterocycles. The minimum atomic E-state index is -0.0949. The molecule has 16 heavy (non-hydrogen) atoms. The maximum absolute atomic E-state index is 11.7. The van der Waals surface area contributed by atoms with Crippen molar-refractivity contribution in [1.29, 1.82) is 0 Å². The second-order valence-electron chi connectivity index (χ2n) is 4.99. The molecule has 2 atom stereocenters. The lowest BCUT2D eigenvalue weighted by atomic mass is 9.78. The Bertz CT molecular complexity index is 429. The van der Waals surface area contributed by atoms with Gasteiger partial charge in [-0.15, -0.1) is 0 Å². The number of hydrogen-bond acceptors (Lipinski definition) is 2. The molecule has 2 unspecified atom stereocenters. The van der Waals surface area contributed by atoms with Crippen molar-refractivity contribution in [2.24, 2.45) is 11.8 Å². The van der Waals surface area contributed by atoms with Crippen molar-refractivity contribution in [1.82, 2.24) is 14.8 Å². The fourth-order valence-corrected chi connectivity index (χ4v) is 3.13. The molecule has 1 fully saturated rings. The summed E-state index contributed by atoms with van der Waals surface area (Å²) in [5, 5.41) is 5.31. The number of nitrogens with zero attached hydrogens (tertiary/aromatic N) is 1. The Kier molecular flexibility index (Phi) is 3.33. The zero-order valence-corrected chi connectivity index (χ0v) is 10.6. The van der Waals surface area contributed by atoms with Crippen LogP contribution >= 0.6 is 12.2 Å². The van der Waals surface area contributed by atoms with Crippen LogP contribution in [0.3, 0.4) is 0 Å². The van der Waals surface area contributed by atoms with Gasteiger partial charge in [-0.2, -0.15) is 0 Å². The van der Waals surface area contributed by atoms with Gasteiger partial charge in [0.05, 0.1) is 0 Å². The first kappa shape index (κ1) is 11.6. The number of aromatic nitrogens is 3. The molecule has 0 bridgehead atoms. The van der Waals surface area contributed by atoms with Crippen molar-refractivity contribution >= 4 is 12.2 Å². The standard InChI is InChI=1S/C11H19N3OS/c1-7(2)8-5-3-4-6-9(8)14-10(15)12-13-11(14)16/h7-9H,3-6H2,1-2H3,(H,12,15)(H,13,16). The normalized spacial score (nSPS) is 26.2. The summed E-state index contributed by atoms with van der Waals surface area (Å²) < 4.78 is 2.27. The van der Waals surface area contributed by atoms with Crippen LogP contribution in [0.4, 0.5) is 0 Å². The molecular weight excluding hydrogens is 222 g/mol. The average Bonchev–Trinajstić information content (AvgIpc) is 2.58. The van der Waals surface area contributed by atoms with Crippen LogP contribution < -0.4 is 5.69 Å². The number of rotatable bonds is 2. The topological polar surface area (TPSA) is 53.6 Å². The molecule has 1 saturated carbocycles. The van der Waals surface area contributed by atoms with Crippen molar-refractivity contribution in [3.63, 3.8) is 0 Å². The van der Waals surface area contributed by atoms with Crippen LogP contribution in [0.1, 0.15) is 45.6 Å². The molecule has 0 saturated heterocycles. The van der Waals surface area contributed by atoms with Gasteiger partial charge in [-0.3, -0.25) is 9.67 Å². The molecule has 2 rings (SSSR count). The first-order valence-corrected chi connectivity index (χ1v) is 6.41. The minimum Gasteiger partial charge on any atom is -0.272 e. The zero-order valence-electron chi connectivity index (χ0n) is 9.82. The zero-order chi connectivity index (χ0) is 11.7. The number of aromatic amines is 2. The Morgan fingerprint density at radius 3 is 2.56 bits per heavy atom. The third-order valence-corrected chi connectivity index (χ3v) is 3.98. The molecule has 4 nitrogen and oxygen atoms in total. The molecule has 1 aliphatic carbocycles. The van der Waals surface area contributed by atoms with Gasteiger partial charge in [0.2, 0.25) is 0 Å². The van der Waals surface area contributed by atoms with E-state index < -0.39 is 0 Å². The summed E-state index contributed by atoms with van der Waals surface area (Å²) in [4.78, 5) is 11.7. The number of H-pyrrole nitrogens is 2. The van der Waals surface area contributed by atoms with Crippen molar-refractivity contribution in [3.05, 3.63) is 15.3 Å². The van der Waals surface area contributed by atoms with Gasteiger partial charge in [0.15, 0.2) is 4.77 Å². The van der Waals surface area contributed by atoms with E-state index in [0.717, 1.165) is 6.42 Å². The highest BCUT2D eigenvalue weighted by atomic mass is 32.1. The van der Waals surface area contributed by atoms with E-state index in [2.05, 4.69) is 24.0 Å². The summed E-state index contributed by atoms with van der Waals surface area (Å²) >= 11 is 5.17. The van der Waals surface area contributed by atoms with Gasteiger partial charge in [0, 0.05) is 6.04 Å². The van der Waals surface area contributed by atoms with Crippen LogP contribution in [0.15, 0.2) is 4.79 Å². The molecule has 0 spiro atoms. The highest BCUT2D eigenvalue weighted by Crippen LogP contribution is 2.37.